The molecule has 0 heterocycles. The summed E-state index contributed by atoms with van der Waals surface area (Å²) in [7, 11) is 0. The number of amides is 1. The van der Waals surface area contributed by atoms with Crippen molar-refractivity contribution < 1.29 is 24.2 Å². The maximum atomic E-state index is 11.5. The minimum Gasteiger partial charge on any atom is -0.341 e. The minimum absolute atomic E-state index is 0.374. The second-order valence-corrected chi connectivity index (χ2v) is 3.08. The highest BCUT2D eigenvalue weighted by Gasteiger charge is 2.10. The highest BCUT2D eigenvalue weighted by molar-refractivity contribution is 5.95. The minimum atomic E-state index is -0.857. The predicted octanol–water partition coefficient (Wildman–Crippen LogP) is 0.438. The SMILES string of the molecule is CC(=O)OOC(=O)CNC(=O)c1ccccc1. The highest BCUT2D eigenvalue weighted by Crippen LogP contribution is 1.97. The Balaban J connectivity index is 2.34. The van der Waals surface area contributed by atoms with Crippen molar-refractivity contribution in [3.63, 3.8) is 0 Å². The molecule has 6 heteroatoms. The molecule has 0 spiro atoms. The molecule has 0 aliphatic heterocycles. The van der Waals surface area contributed by atoms with Crippen LogP contribution < -0.4 is 5.32 Å². The van der Waals surface area contributed by atoms with E-state index in [1.54, 1.807) is 30.3 Å². The van der Waals surface area contributed by atoms with E-state index in [0.717, 1.165) is 6.92 Å². The third kappa shape index (κ3) is 4.78. The summed E-state index contributed by atoms with van der Waals surface area (Å²) >= 11 is 0. The van der Waals surface area contributed by atoms with Crippen molar-refractivity contribution in [2.24, 2.45) is 0 Å². The van der Waals surface area contributed by atoms with Gasteiger partial charge in [0.05, 0.1) is 0 Å². The lowest BCUT2D eigenvalue weighted by atomic mass is 10.2. The summed E-state index contributed by atoms with van der Waals surface area (Å²) in [4.78, 5) is 40.8. The van der Waals surface area contributed by atoms with Gasteiger partial charge in [-0.1, -0.05) is 18.2 Å². The van der Waals surface area contributed by atoms with Gasteiger partial charge in [0.2, 0.25) is 0 Å². The molecule has 0 bridgehead atoms. The second kappa shape index (κ2) is 6.26. The fraction of sp³-hybridized carbons (Fsp3) is 0.182. The average Bonchev–Trinajstić information content (AvgIpc) is 2.34. The third-order valence-corrected chi connectivity index (χ3v) is 1.68. The van der Waals surface area contributed by atoms with E-state index in [2.05, 4.69) is 15.1 Å². The van der Waals surface area contributed by atoms with Gasteiger partial charge in [-0.05, 0) is 12.1 Å². The molecule has 0 atom stereocenters. The van der Waals surface area contributed by atoms with Crippen molar-refractivity contribution in [1.29, 1.82) is 0 Å². The Labute approximate surface area is 97.4 Å². The summed E-state index contributed by atoms with van der Waals surface area (Å²) in [6, 6.07) is 8.38. The van der Waals surface area contributed by atoms with E-state index in [9.17, 15) is 14.4 Å². The predicted molar refractivity (Wildman–Crippen MR) is 56.6 cm³/mol. The Morgan fingerprint density at radius 3 is 2.35 bits per heavy atom. The van der Waals surface area contributed by atoms with E-state index in [0.29, 0.717) is 5.56 Å². The largest absolute Gasteiger partial charge is 0.374 e. The van der Waals surface area contributed by atoms with Gasteiger partial charge < -0.3 is 5.32 Å². The van der Waals surface area contributed by atoms with Crippen LogP contribution in [0.5, 0.6) is 0 Å². The topological polar surface area (TPSA) is 81.7 Å². The number of hydrogen-bond acceptors (Lipinski definition) is 5. The van der Waals surface area contributed by atoms with Gasteiger partial charge in [-0.3, -0.25) is 4.79 Å². The van der Waals surface area contributed by atoms with Gasteiger partial charge >= 0.3 is 11.9 Å². The van der Waals surface area contributed by atoms with Gasteiger partial charge in [-0.25, -0.2) is 19.4 Å². The summed E-state index contributed by atoms with van der Waals surface area (Å²) in [6.45, 7) is 0.719. The zero-order valence-electron chi connectivity index (χ0n) is 9.14. The van der Waals surface area contributed by atoms with E-state index in [-0.39, 0.29) is 6.54 Å². The van der Waals surface area contributed by atoms with Crippen LogP contribution in [-0.4, -0.2) is 24.4 Å². The number of rotatable bonds is 3. The molecule has 0 radical (unpaired) electrons. The molecule has 1 aromatic carbocycles. The molecule has 1 amide bonds. The Hall–Kier alpha value is -2.37. The Kier molecular flexibility index (Phi) is 4.68. The summed E-state index contributed by atoms with van der Waals surface area (Å²) in [6.07, 6.45) is 0. The van der Waals surface area contributed by atoms with E-state index in [4.69, 9.17) is 0 Å². The number of hydrogen-bond donors (Lipinski definition) is 1. The van der Waals surface area contributed by atoms with Crippen molar-refractivity contribution in [1.82, 2.24) is 5.32 Å². The lowest BCUT2D eigenvalue weighted by molar-refractivity contribution is -0.256. The van der Waals surface area contributed by atoms with Crippen LogP contribution in [0.15, 0.2) is 30.3 Å². The summed E-state index contributed by atoms with van der Waals surface area (Å²) in [5.74, 6) is -2.01. The Morgan fingerprint density at radius 1 is 1.12 bits per heavy atom. The summed E-state index contributed by atoms with van der Waals surface area (Å²) in [5.41, 5.74) is 0.424. The number of carbonyl (C=O) groups is 3. The zero-order chi connectivity index (χ0) is 12.7. The van der Waals surface area contributed by atoms with Gasteiger partial charge in [0.15, 0.2) is 0 Å². The maximum absolute atomic E-state index is 11.5. The van der Waals surface area contributed by atoms with E-state index < -0.39 is 17.8 Å². The normalized spacial score (nSPS) is 9.24. The van der Waals surface area contributed by atoms with Crippen LogP contribution in [0.3, 0.4) is 0 Å². The number of carbonyl (C=O) groups excluding carboxylic acids is 3. The smallest absolute Gasteiger partial charge is 0.341 e. The third-order valence-electron chi connectivity index (χ3n) is 1.68. The first-order valence-corrected chi connectivity index (χ1v) is 4.81. The molecule has 17 heavy (non-hydrogen) atoms. The van der Waals surface area contributed by atoms with E-state index >= 15 is 0 Å². The molecular weight excluding hydrogens is 226 g/mol. The van der Waals surface area contributed by atoms with Crippen LogP contribution in [0.2, 0.25) is 0 Å². The number of benzene rings is 1. The average molecular weight is 237 g/mol. The molecule has 1 aromatic rings. The molecule has 90 valence electrons. The first-order chi connectivity index (χ1) is 8.09. The van der Waals surface area contributed by atoms with Gasteiger partial charge in [-0.2, -0.15) is 0 Å². The molecule has 0 aliphatic rings. The first-order valence-electron chi connectivity index (χ1n) is 4.81. The standard InChI is InChI=1S/C11H11NO5/c1-8(13)16-17-10(14)7-12-11(15)9-5-3-2-4-6-9/h2-6H,7H2,1H3,(H,12,15). The van der Waals surface area contributed by atoms with E-state index in [1.165, 1.54) is 0 Å². The van der Waals surface area contributed by atoms with Crippen LogP contribution in [-0.2, 0) is 19.4 Å². The zero-order valence-corrected chi connectivity index (χ0v) is 9.14. The molecule has 0 fully saturated rings. The lowest BCUT2D eigenvalue weighted by Crippen LogP contribution is -2.30. The molecule has 0 saturated heterocycles. The Morgan fingerprint density at radius 2 is 1.76 bits per heavy atom. The van der Waals surface area contributed by atoms with Crippen LogP contribution in [0.1, 0.15) is 17.3 Å². The first kappa shape index (κ1) is 12.7. The summed E-state index contributed by atoms with van der Waals surface area (Å²) < 4.78 is 0. The molecule has 6 nitrogen and oxygen atoms in total. The van der Waals surface area contributed by atoms with Gasteiger partial charge in [0, 0.05) is 12.5 Å². The molecular formula is C11H11NO5. The Bertz CT molecular complexity index is 415. The van der Waals surface area contributed by atoms with Crippen LogP contribution in [0.25, 0.3) is 0 Å². The van der Waals surface area contributed by atoms with Crippen LogP contribution in [0.4, 0.5) is 0 Å². The van der Waals surface area contributed by atoms with E-state index in [1.807, 2.05) is 0 Å². The van der Waals surface area contributed by atoms with Crippen molar-refractivity contribution >= 4 is 17.8 Å². The van der Waals surface area contributed by atoms with Gasteiger partial charge in [0.1, 0.15) is 6.54 Å². The van der Waals surface area contributed by atoms with Crippen molar-refractivity contribution in [3.05, 3.63) is 35.9 Å². The molecule has 0 unspecified atom stereocenters. The van der Waals surface area contributed by atoms with Crippen LogP contribution in [0, 0.1) is 0 Å². The monoisotopic (exact) mass is 237 g/mol. The molecule has 0 saturated carbocycles. The second-order valence-electron chi connectivity index (χ2n) is 3.08. The molecule has 0 aromatic heterocycles. The molecule has 1 N–H and O–H groups in total. The molecule has 0 aliphatic carbocycles. The lowest BCUT2D eigenvalue weighted by Gasteiger charge is -2.03. The number of nitrogens with one attached hydrogen (secondary N) is 1. The summed E-state index contributed by atoms with van der Waals surface area (Å²) in [5, 5.41) is 2.32. The van der Waals surface area contributed by atoms with Crippen molar-refractivity contribution in [2.75, 3.05) is 6.54 Å². The highest BCUT2D eigenvalue weighted by atomic mass is 17.2. The van der Waals surface area contributed by atoms with Gasteiger partial charge in [-0.15, -0.1) is 0 Å². The fourth-order valence-corrected chi connectivity index (χ4v) is 0.979. The van der Waals surface area contributed by atoms with Crippen LogP contribution >= 0.6 is 0 Å². The van der Waals surface area contributed by atoms with Gasteiger partial charge in [0.25, 0.3) is 5.91 Å². The maximum Gasteiger partial charge on any atom is 0.374 e. The van der Waals surface area contributed by atoms with Crippen molar-refractivity contribution in [2.45, 2.75) is 6.92 Å². The quantitative estimate of drug-likeness (QED) is 0.609. The fourth-order valence-electron chi connectivity index (χ4n) is 0.979. The molecule has 1 rings (SSSR count). The van der Waals surface area contributed by atoms with Crippen molar-refractivity contribution in [3.8, 4) is 0 Å².